The Morgan fingerprint density at radius 2 is 1.87 bits per heavy atom. The van der Waals surface area contributed by atoms with Gasteiger partial charge in [-0.3, -0.25) is 14.2 Å². The number of amides is 1. The molecule has 9 nitrogen and oxygen atoms in total. The SMILES string of the molecule is CCC(=O)N[C@H]1CC[C@@H](n2c(=O)c(-c3cccc(F)c3Cl)c(C)c3cnc(Nc4ccc(N5CCN(C)[C@H](C)C5)c(Cl)c4)nc32)CC1. The van der Waals surface area contributed by atoms with Crippen LogP contribution in [0.4, 0.5) is 21.7 Å². The van der Waals surface area contributed by atoms with E-state index in [2.05, 4.69) is 39.4 Å². The lowest BCUT2D eigenvalue weighted by Gasteiger charge is -2.39. The largest absolute Gasteiger partial charge is 0.367 e. The Labute approximate surface area is 284 Å². The van der Waals surface area contributed by atoms with E-state index in [4.69, 9.17) is 28.2 Å². The molecule has 0 unspecified atom stereocenters. The van der Waals surface area contributed by atoms with Crippen LogP contribution in [-0.2, 0) is 4.79 Å². The van der Waals surface area contributed by atoms with Gasteiger partial charge in [-0.2, -0.15) is 4.98 Å². The number of pyridine rings is 1. The van der Waals surface area contributed by atoms with Crippen molar-refractivity contribution >= 4 is 57.5 Å². The Hall–Kier alpha value is -3.73. The summed E-state index contributed by atoms with van der Waals surface area (Å²) >= 11 is 13.2. The average Bonchev–Trinajstić information content (AvgIpc) is 3.05. The van der Waals surface area contributed by atoms with Crippen molar-refractivity contribution in [1.82, 2.24) is 24.8 Å². The van der Waals surface area contributed by atoms with Crippen LogP contribution in [0.5, 0.6) is 0 Å². The number of hydrogen-bond acceptors (Lipinski definition) is 7. The lowest BCUT2D eigenvalue weighted by atomic mass is 9.90. The molecular formula is C35H40Cl2FN7O2. The summed E-state index contributed by atoms with van der Waals surface area (Å²) in [5.41, 5.74) is 3.18. The summed E-state index contributed by atoms with van der Waals surface area (Å²) in [5.74, 6) is -0.254. The maximum absolute atomic E-state index is 14.6. The molecule has 47 heavy (non-hydrogen) atoms. The maximum atomic E-state index is 14.6. The highest BCUT2D eigenvalue weighted by Gasteiger charge is 2.29. The van der Waals surface area contributed by atoms with Crippen molar-refractivity contribution < 1.29 is 9.18 Å². The number of anilines is 3. The normalized spacial score (nSPS) is 20.4. The number of aryl methyl sites for hydroxylation is 1. The van der Waals surface area contributed by atoms with Crippen LogP contribution < -0.4 is 21.1 Å². The predicted octanol–water partition coefficient (Wildman–Crippen LogP) is 7.11. The highest BCUT2D eigenvalue weighted by atomic mass is 35.5. The second-order valence-electron chi connectivity index (χ2n) is 12.7. The van der Waals surface area contributed by atoms with E-state index in [-0.39, 0.29) is 28.6 Å². The number of carbonyl (C=O) groups is 1. The zero-order valence-electron chi connectivity index (χ0n) is 27.1. The molecule has 1 atom stereocenters. The molecule has 1 saturated carbocycles. The van der Waals surface area contributed by atoms with Gasteiger partial charge in [0.2, 0.25) is 11.9 Å². The van der Waals surface area contributed by atoms with Crippen molar-refractivity contribution in [3.8, 4) is 11.1 Å². The fraction of sp³-hybridized carbons (Fsp3) is 0.429. The van der Waals surface area contributed by atoms with Gasteiger partial charge in [0.1, 0.15) is 11.5 Å². The molecule has 0 bridgehead atoms. The first kappa shape index (κ1) is 33.2. The van der Waals surface area contributed by atoms with Crippen LogP contribution in [0.2, 0.25) is 10.0 Å². The molecule has 12 heteroatoms. The van der Waals surface area contributed by atoms with E-state index in [1.807, 2.05) is 32.0 Å². The van der Waals surface area contributed by atoms with Crippen LogP contribution in [0.15, 0.2) is 47.4 Å². The van der Waals surface area contributed by atoms with Crippen molar-refractivity contribution in [2.45, 2.75) is 71.0 Å². The molecule has 6 rings (SSSR count). The lowest BCUT2D eigenvalue weighted by Crippen LogP contribution is -2.50. The number of halogens is 3. The van der Waals surface area contributed by atoms with Crippen LogP contribution >= 0.6 is 23.2 Å². The maximum Gasteiger partial charge on any atom is 0.260 e. The average molecular weight is 681 g/mol. The van der Waals surface area contributed by atoms with Crippen LogP contribution in [0, 0.1) is 12.7 Å². The third-order valence-electron chi connectivity index (χ3n) is 9.68. The van der Waals surface area contributed by atoms with Crippen molar-refractivity contribution in [3.05, 3.63) is 74.4 Å². The number of aromatic nitrogens is 3. The molecule has 2 aromatic heterocycles. The second-order valence-corrected chi connectivity index (χ2v) is 13.5. The number of fused-ring (bicyclic) bond motifs is 1. The minimum atomic E-state index is -0.593. The Kier molecular flexibility index (Phi) is 9.73. The second kappa shape index (κ2) is 13.8. The highest BCUT2D eigenvalue weighted by Crippen LogP contribution is 2.37. The molecule has 248 valence electrons. The van der Waals surface area contributed by atoms with E-state index >= 15 is 0 Å². The van der Waals surface area contributed by atoms with Crippen LogP contribution in [0.25, 0.3) is 22.2 Å². The quantitative estimate of drug-likeness (QED) is 0.215. The van der Waals surface area contributed by atoms with Gasteiger partial charge in [-0.05, 0) is 76.4 Å². The zero-order chi connectivity index (χ0) is 33.4. The van der Waals surface area contributed by atoms with Gasteiger partial charge < -0.3 is 20.4 Å². The third kappa shape index (κ3) is 6.68. The van der Waals surface area contributed by atoms with Gasteiger partial charge in [-0.25, -0.2) is 9.37 Å². The topological polar surface area (TPSA) is 95.4 Å². The molecule has 1 saturated heterocycles. The van der Waals surface area contributed by atoms with Crippen LogP contribution in [0.3, 0.4) is 0 Å². The van der Waals surface area contributed by atoms with Crippen LogP contribution in [0.1, 0.15) is 57.6 Å². The molecule has 4 aromatic rings. The molecule has 2 N–H and O–H groups in total. The standard InChI is InChI=1S/C35H40Cl2FN7O2/c1-5-30(46)40-22-9-12-24(13-10-22)45-33-26(21(3)31(34(45)47)25-7-6-8-28(38)32(25)37)18-39-35(42-33)41-23-11-14-29(27(36)17-23)44-16-15-43(4)20(2)19-44/h6-8,11,14,17-18,20,22,24H,5,9-10,12-13,15-16,19H2,1-4H3,(H,40,46)(H,39,41,42)/t20-,22-,24+/m1/s1. The van der Waals surface area contributed by atoms with E-state index in [0.29, 0.717) is 64.0 Å². The lowest BCUT2D eigenvalue weighted by molar-refractivity contribution is -0.121. The van der Waals surface area contributed by atoms with Gasteiger partial charge in [0.25, 0.3) is 5.56 Å². The van der Waals surface area contributed by atoms with Crippen molar-refractivity contribution in [2.24, 2.45) is 0 Å². The van der Waals surface area contributed by atoms with Gasteiger partial charge >= 0.3 is 0 Å². The monoisotopic (exact) mass is 679 g/mol. The molecule has 2 fully saturated rings. The molecular weight excluding hydrogens is 640 g/mol. The van der Waals surface area contributed by atoms with E-state index in [1.165, 1.54) is 6.07 Å². The number of nitrogens with zero attached hydrogens (tertiary/aromatic N) is 5. The summed E-state index contributed by atoms with van der Waals surface area (Å²) < 4.78 is 16.3. The number of rotatable bonds is 7. The molecule has 1 amide bonds. The zero-order valence-corrected chi connectivity index (χ0v) is 28.6. The highest BCUT2D eigenvalue weighted by molar-refractivity contribution is 6.34. The molecule has 3 heterocycles. The Morgan fingerprint density at radius 1 is 1.11 bits per heavy atom. The molecule has 0 radical (unpaired) electrons. The summed E-state index contributed by atoms with van der Waals surface area (Å²) in [7, 11) is 2.14. The number of piperazine rings is 1. The van der Waals surface area contributed by atoms with Gasteiger partial charge in [0.15, 0.2) is 0 Å². The molecule has 2 aromatic carbocycles. The first-order chi connectivity index (χ1) is 22.5. The van der Waals surface area contributed by atoms with E-state index in [0.717, 1.165) is 43.9 Å². The number of benzene rings is 2. The summed E-state index contributed by atoms with van der Waals surface area (Å²) in [5, 5.41) is 7.57. The number of hydrogen-bond donors (Lipinski definition) is 2. The van der Waals surface area contributed by atoms with Crippen molar-refractivity contribution in [3.63, 3.8) is 0 Å². The first-order valence-corrected chi connectivity index (χ1v) is 17.0. The molecule has 1 aliphatic carbocycles. The third-order valence-corrected chi connectivity index (χ3v) is 10.4. The van der Waals surface area contributed by atoms with E-state index < -0.39 is 5.82 Å². The first-order valence-electron chi connectivity index (χ1n) is 16.2. The van der Waals surface area contributed by atoms with Gasteiger partial charge in [-0.1, -0.05) is 42.3 Å². The molecule has 0 spiro atoms. The minimum Gasteiger partial charge on any atom is -0.367 e. The van der Waals surface area contributed by atoms with Crippen molar-refractivity contribution in [2.75, 3.05) is 36.9 Å². The number of nitrogens with one attached hydrogen (secondary N) is 2. The van der Waals surface area contributed by atoms with Crippen molar-refractivity contribution in [1.29, 1.82) is 0 Å². The van der Waals surface area contributed by atoms with E-state index in [1.54, 1.807) is 22.9 Å². The molecule has 1 aliphatic heterocycles. The minimum absolute atomic E-state index is 0.0177. The summed E-state index contributed by atoms with van der Waals surface area (Å²) in [4.78, 5) is 40.6. The van der Waals surface area contributed by atoms with Gasteiger partial charge in [-0.15, -0.1) is 0 Å². The summed E-state index contributed by atoms with van der Waals surface area (Å²) in [6, 6.07) is 10.6. The van der Waals surface area contributed by atoms with Gasteiger partial charge in [0, 0.05) is 67.0 Å². The smallest absolute Gasteiger partial charge is 0.260 e. The van der Waals surface area contributed by atoms with Crippen LogP contribution in [-0.4, -0.2) is 64.1 Å². The van der Waals surface area contributed by atoms with E-state index in [9.17, 15) is 14.0 Å². The number of carbonyl (C=O) groups excluding carboxylic acids is 1. The Morgan fingerprint density at radius 3 is 2.57 bits per heavy atom. The Balaban J connectivity index is 1.38. The summed E-state index contributed by atoms with van der Waals surface area (Å²) in [6.45, 7) is 8.61. The molecule has 2 aliphatic rings. The fourth-order valence-electron chi connectivity index (χ4n) is 6.79. The Bertz CT molecular complexity index is 1880. The fourth-order valence-corrected chi connectivity index (χ4v) is 7.31. The summed E-state index contributed by atoms with van der Waals surface area (Å²) in [6.07, 6.45) is 4.90. The predicted molar refractivity (Wildman–Crippen MR) is 188 cm³/mol. The van der Waals surface area contributed by atoms with Gasteiger partial charge in [0.05, 0.1) is 21.3 Å². The number of likely N-dealkylation sites (N-methyl/N-ethyl adjacent to an activating group) is 1.